The topological polar surface area (TPSA) is 159 Å². The van der Waals surface area contributed by atoms with Gasteiger partial charge in [-0.25, -0.2) is 19.8 Å². The van der Waals surface area contributed by atoms with Gasteiger partial charge < -0.3 is 25.0 Å². The van der Waals surface area contributed by atoms with Crippen molar-refractivity contribution >= 4 is 34.9 Å². The van der Waals surface area contributed by atoms with E-state index < -0.39 is 23.3 Å². The standard InChI is InChI=1S/C55H72N4O7/c1-12-38-35(8)42-27-43-36(9)40(23-24-48(61)66-26-25-34(7)22-16-21-33(6)20-15-19-32(5)18-14-17-31(3)4)51(58-43)50-52-49(53(62)55(50,64)54(63)65-11)37(10)44(59-52)28-46-39(13-2)41(30-60)47(57-46)29-45(38)56-42/h12,25,27-33,36,40,58,60,64H,1,13-24,26H2,2-11H3/b34-25+,41-30?,43-27?,44-28?,45-29?,51-50?/t32-,33-,36+,40+,55-/m1/s1. The van der Waals surface area contributed by atoms with E-state index in [1.807, 2.05) is 39.0 Å². The molecule has 0 spiro atoms. The molecule has 0 unspecified atom stereocenters. The summed E-state index contributed by atoms with van der Waals surface area (Å²) >= 11 is 0. The highest BCUT2D eigenvalue weighted by Crippen LogP contribution is 2.49. The maximum atomic E-state index is 14.5. The van der Waals surface area contributed by atoms with Gasteiger partial charge in [-0.2, -0.15) is 0 Å². The van der Waals surface area contributed by atoms with Crippen molar-refractivity contribution in [3.8, 4) is 0 Å². The number of rotatable bonds is 20. The fourth-order valence-corrected chi connectivity index (χ4v) is 10.2. The van der Waals surface area contributed by atoms with Crippen LogP contribution in [0, 0.1) is 29.6 Å². The summed E-state index contributed by atoms with van der Waals surface area (Å²) in [5.41, 5.74) is 6.08. The SMILES string of the molecule is C=CC1=C(C)C2=NC1=CC1=NC(=C(CC)C1=CO)C=C1N=C3C(=C1C)C(=O)[C@@](O)(C(=O)OC)C3=C1NC(=C2)[C@@H](C)[C@@H]1CCC(=O)OC/C=C(\C)CCC[C@H](C)CCC[C@H](C)CCCC(C)C. The third-order valence-corrected chi connectivity index (χ3v) is 14.3. The number of carbonyl (C=O) groups is 3. The van der Waals surface area contributed by atoms with Gasteiger partial charge in [0.1, 0.15) is 6.61 Å². The van der Waals surface area contributed by atoms with Gasteiger partial charge in [-0.05, 0) is 105 Å². The molecule has 6 rings (SSSR count). The molecule has 3 N–H and O–H groups in total. The number of methoxy groups -OCH3 is 1. The lowest BCUT2D eigenvalue weighted by Crippen LogP contribution is -2.47. The van der Waals surface area contributed by atoms with Crippen molar-refractivity contribution in [1.82, 2.24) is 5.32 Å². The van der Waals surface area contributed by atoms with Crippen LogP contribution in [0.3, 0.4) is 0 Å². The quantitative estimate of drug-likeness (QED) is 0.0471. The first-order valence-electron chi connectivity index (χ1n) is 24.2. The molecule has 0 aromatic carbocycles. The van der Waals surface area contributed by atoms with Crippen molar-refractivity contribution in [2.75, 3.05) is 13.7 Å². The Balaban J connectivity index is 1.24. The van der Waals surface area contributed by atoms with E-state index in [-0.39, 0.29) is 48.2 Å². The molecule has 0 aromatic heterocycles. The first-order chi connectivity index (χ1) is 31.5. The van der Waals surface area contributed by atoms with Crippen molar-refractivity contribution in [3.05, 3.63) is 116 Å². The smallest absolute Gasteiger partial charge is 0.351 e. The number of fused-ring (bicyclic) bond motifs is 5. The Morgan fingerprint density at radius 2 is 1.61 bits per heavy atom. The zero-order valence-corrected chi connectivity index (χ0v) is 41.0. The third kappa shape index (κ3) is 10.3. The molecule has 0 radical (unpaired) electrons. The molecule has 1 saturated heterocycles. The van der Waals surface area contributed by atoms with Crippen LogP contribution in [-0.4, -0.2) is 64.4 Å². The van der Waals surface area contributed by atoms with Crippen LogP contribution in [0.15, 0.2) is 131 Å². The number of nitrogens with zero attached hydrogens (tertiary/aromatic N) is 3. The molecule has 5 aliphatic heterocycles. The summed E-state index contributed by atoms with van der Waals surface area (Å²) < 4.78 is 10.9. The number of ether oxygens (including phenoxy) is 2. The van der Waals surface area contributed by atoms with E-state index >= 15 is 0 Å². The molecular weight excluding hydrogens is 829 g/mol. The zero-order valence-electron chi connectivity index (χ0n) is 41.0. The predicted octanol–water partition coefficient (Wildman–Crippen LogP) is 11.2. The van der Waals surface area contributed by atoms with E-state index in [1.54, 1.807) is 19.1 Å². The Kier molecular flexibility index (Phi) is 16.3. The average molecular weight is 901 g/mol. The van der Waals surface area contributed by atoms with Gasteiger partial charge in [-0.15, -0.1) is 0 Å². The molecule has 6 aliphatic rings. The second-order valence-corrected chi connectivity index (χ2v) is 19.6. The summed E-state index contributed by atoms with van der Waals surface area (Å²) in [6, 6.07) is 0. The number of allylic oxidation sites excluding steroid dienone is 11. The molecular formula is C55H72N4O7. The monoisotopic (exact) mass is 901 g/mol. The molecule has 2 fully saturated rings. The molecule has 354 valence electrons. The van der Waals surface area contributed by atoms with Crippen molar-refractivity contribution in [2.24, 2.45) is 44.6 Å². The molecule has 1 saturated carbocycles. The summed E-state index contributed by atoms with van der Waals surface area (Å²) in [7, 11) is 1.13. The number of aliphatic hydroxyl groups excluding tert-OH is 1. The first-order valence-corrected chi connectivity index (χ1v) is 24.2. The number of esters is 2. The molecule has 11 nitrogen and oxygen atoms in total. The molecule has 0 amide bonds. The number of aliphatic hydroxyl groups is 2. The van der Waals surface area contributed by atoms with Crippen molar-refractivity contribution in [3.63, 3.8) is 0 Å². The summed E-state index contributed by atoms with van der Waals surface area (Å²) in [5, 5.41) is 26.3. The van der Waals surface area contributed by atoms with E-state index in [0.717, 1.165) is 54.8 Å². The van der Waals surface area contributed by atoms with Gasteiger partial charge in [-0.3, -0.25) is 9.59 Å². The first kappa shape index (κ1) is 50.0. The normalized spacial score (nSPS) is 24.2. The Hall–Kier alpha value is -5.42. The van der Waals surface area contributed by atoms with Crippen LogP contribution >= 0.6 is 0 Å². The Morgan fingerprint density at radius 1 is 0.924 bits per heavy atom. The second-order valence-electron chi connectivity index (χ2n) is 19.6. The number of hydrogen-bond acceptors (Lipinski definition) is 11. The Morgan fingerprint density at radius 3 is 2.24 bits per heavy atom. The lowest BCUT2D eigenvalue weighted by Gasteiger charge is -2.24. The van der Waals surface area contributed by atoms with Gasteiger partial charge in [-0.1, -0.05) is 105 Å². The largest absolute Gasteiger partial charge is 0.515 e. The van der Waals surface area contributed by atoms with Crippen molar-refractivity contribution in [2.45, 2.75) is 145 Å². The second kappa shape index (κ2) is 21.5. The number of Topliss-reactive ketones (excluding diaryl/α,β-unsaturated/α-hetero) is 1. The van der Waals surface area contributed by atoms with Crippen LogP contribution in [0.1, 0.15) is 139 Å². The summed E-state index contributed by atoms with van der Waals surface area (Å²) in [6.07, 6.45) is 22.2. The Labute approximate surface area is 392 Å². The molecule has 5 atom stereocenters. The summed E-state index contributed by atoms with van der Waals surface area (Å²) in [6.45, 7) is 23.3. The molecule has 5 heterocycles. The average Bonchev–Trinajstić information content (AvgIpc) is 4.01. The minimum atomic E-state index is -2.70. The minimum Gasteiger partial charge on any atom is -0.515 e. The van der Waals surface area contributed by atoms with Gasteiger partial charge >= 0.3 is 11.9 Å². The number of hydrogen-bond donors (Lipinski definition) is 3. The van der Waals surface area contributed by atoms with E-state index in [2.05, 4.69) is 46.5 Å². The predicted molar refractivity (Wildman–Crippen MR) is 264 cm³/mol. The third-order valence-electron chi connectivity index (χ3n) is 14.3. The molecule has 11 heteroatoms. The van der Waals surface area contributed by atoms with Crippen molar-refractivity contribution < 1.29 is 34.1 Å². The van der Waals surface area contributed by atoms with Gasteiger partial charge in [0.2, 0.25) is 5.78 Å². The summed E-state index contributed by atoms with van der Waals surface area (Å²) in [4.78, 5) is 56.4. The molecule has 0 aromatic rings. The van der Waals surface area contributed by atoms with E-state index in [0.29, 0.717) is 63.4 Å². The molecule has 1 aliphatic carbocycles. The maximum Gasteiger partial charge on any atom is 0.351 e. The lowest BCUT2D eigenvalue weighted by molar-refractivity contribution is -0.161. The van der Waals surface area contributed by atoms with Gasteiger partial charge in [0.25, 0.3) is 5.60 Å². The number of carbonyl (C=O) groups excluding carboxylic acids is 3. The van der Waals surface area contributed by atoms with Crippen LogP contribution in [0.25, 0.3) is 0 Å². The highest BCUT2D eigenvalue weighted by Gasteiger charge is 2.62. The van der Waals surface area contributed by atoms with Crippen LogP contribution in [0.5, 0.6) is 0 Å². The maximum absolute atomic E-state index is 14.5. The van der Waals surface area contributed by atoms with E-state index in [9.17, 15) is 24.6 Å². The number of aliphatic imine (C=N–C) groups is 3. The van der Waals surface area contributed by atoms with Crippen molar-refractivity contribution in [1.29, 1.82) is 0 Å². The van der Waals surface area contributed by atoms with Crippen LogP contribution in [0.4, 0.5) is 0 Å². The van der Waals surface area contributed by atoms with Gasteiger partial charge in [0.15, 0.2) is 0 Å². The minimum absolute atomic E-state index is 0.00147. The highest BCUT2D eigenvalue weighted by atomic mass is 16.5. The van der Waals surface area contributed by atoms with E-state index in [4.69, 9.17) is 24.5 Å². The van der Waals surface area contributed by atoms with Crippen LogP contribution in [0.2, 0.25) is 0 Å². The van der Waals surface area contributed by atoms with Gasteiger partial charge in [0, 0.05) is 46.4 Å². The van der Waals surface area contributed by atoms with Gasteiger partial charge in [0.05, 0.1) is 53.2 Å². The van der Waals surface area contributed by atoms with Crippen LogP contribution < -0.4 is 5.32 Å². The van der Waals surface area contributed by atoms with E-state index in [1.165, 1.54) is 50.5 Å². The highest BCUT2D eigenvalue weighted by molar-refractivity contribution is 6.46. The summed E-state index contributed by atoms with van der Waals surface area (Å²) in [5.74, 6) is -0.837. The fourth-order valence-electron chi connectivity index (χ4n) is 10.2. The Bertz CT molecular complexity index is 2410. The molecule has 8 bridgehead atoms. The molecule has 66 heavy (non-hydrogen) atoms. The lowest BCUT2D eigenvalue weighted by atomic mass is 9.83. The number of ketones is 1. The van der Waals surface area contributed by atoms with Crippen LogP contribution in [-0.2, 0) is 23.9 Å². The number of nitrogens with one attached hydrogen (secondary N) is 1. The zero-order chi connectivity index (χ0) is 48.0. The fraction of sp³-hybridized carbons (Fsp3) is 0.527.